The summed E-state index contributed by atoms with van der Waals surface area (Å²) in [6.07, 6.45) is 1.67. The maximum Gasteiger partial charge on any atom is 0.328 e. The van der Waals surface area contributed by atoms with Gasteiger partial charge in [-0.2, -0.15) is 0 Å². The van der Waals surface area contributed by atoms with Crippen molar-refractivity contribution in [2.24, 2.45) is 11.7 Å². The van der Waals surface area contributed by atoms with Gasteiger partial charge < -0.3 is 10.5 Å². The molecular weight excluding hydrogens is 228 g/mol. The topological polar surface area (TPSA) is 65.2 Å². The number of hydrogen-bond donors (Lipinski definition) is 1. The molecule has 4 nitrogen and oxygen atoms in total. The normalized spacial score (nSPS) is 12.7. The van der Waals surface area contributed by atoms with E-state index in [-0.39, 0.29) is 5.92 Å². The third-order valence-electron chi connectivity index (χ3n) is 2.80. The molecule has 0 amide bonds. The highest BCUT2D eigenvalue weighted by molar-refractivity contribution is 5.88. The largest absolute Gasteiger partial charge is 0.423 e. The molecule has 0 fully saturated rings. The standard InChI is InChI=1S/C14H16N2O2/c1-9(2)12(15)14(17)18-11-7-3-5-10-6-4-8-16-13(10)11/h3-9,12H,15H2,1-2H3. The number of carbonyl (C=O) groups excluding carboxylic acids is 1. The van der Waals surface area contributed by atoms with Crippen molar-refractivity contribution in [2.45, 2.75) is 19.9 Å². The number of benzene rings is 1. The number of pyridine rings is 1. The number of aromatic nitrogens is 1. The van der Waals surface area contributed by atoms with Gasteiger partial charge in [0.15, 0.2) is 5.75 Å². The Morgan fingerprint density at radius 3 is 2.72 bits per heavy atom. The lowest BCUT2D eigenvalue weighted by Crippen LogP contribution is -2.38. The maximum absolute atomic E-state index is 11.8. The zero-order valence-corrected chi connectivity index (χ0v) is 10.5. The molecule has 1 atom stereocenters. The van der Waals surface area contributed by atoms with Crippen molar-refractivity contribution in [1.29, 1.82) is 0 Å². The van der Waals surface area contributed by atoms with Crippen LogP contribution in [0.1, 0.15) is 13.8 Å². The second-order valence-corrected chi connectivity index (χ2v) is 4.52. The van der Waals surface area contributed by atoms with Gasteiger partial charge in [0.2, 0.25) is 0 Å². The number of nitrogens with two attached hydrogens (primary N) is 1. The predicted octanol–water partition coefficient (Wildman–Crippen LogP) is 2.12. The lowest BCUT2D eigenvalue weighted by molar-refractivity contribution is -0.136. The molecule has 0 bridgehead atoms. The Morgan fingerprint density at radius 2 is 2.00 bits per heavy atom. The molecule has 1 aromatic carbocycles. The molecule has 0 spiro atoms. The van der Waals surface area contributed by atoms with Crippen LogP contribution in [0.15, 0.2) is 36.5 Å². The minimum absolute atomic E-state index is 0.0421. The summed E-state index contributed by atoms with van der Waals surface area (Å²) in [6, 6.07) is 8.61. The number of hydrogen-bond acceptors (Lipinski definition) is 4. The van der Waals surface area contributed by atoms with E-state index in [1.165, 1.54) is 0 Å². The van der Waals surface area contributed by atoms with E-state index in [4.69, 9.17) is 10.5 Å². The molecule has 2 aromatic rings. The van der Waals surface area contributed by atoms with E-state index in [2.05, 4.69) is 4.98 Å². The summed E-state index contributed by atoms with van der Waals surface area (Å²) in [5.41, 5.74) is 6.43. The molecule has 2 N–H and O–H groups in total. The Morgan fingerprint density at radius 1 is 1.28 bits per heavy atom. The molecule has 1 aromatic heterocycles. The van der Waals surface area contributed by atoms with E-state index < -0.39 is 12.0 Å². The van der Waals surface area contributed by atoms with E-state index >= 15 is 0 Å². The Kier molecular flexibility index (Phi) is 3.58. The predicted molar refractivity (Wildman–Crippen MR) is 70.2 cm³/mol. The second-order valence-electron chi connectivity index (χ2n) is 4.52. The van der Waals surface area contributed by atoms with E-state index in [0.717, 1.165) is 5.39 Å². The Labute approximate surface area is 106 Å². The number of fused-ring (bicyclic) bond motifs is 1. The van der Waals surface area contributed by atoms with Gasteiger partial charge in [-0.1, -0.05) is 32.0 Å². The van der Waals surface area contributed by atoms with E-state index in [0.29, 0.717) is 11.3 Å². The summed E-state index contributed by atoms with van der Waals surface area (Å²) in [5, 5.41) is 0.931. The van der Waals surface area contributed by atoms with Crippen LogP contribution in [-0.4, -0.2) is 17.0 Å². The lowest BCUT2D eigenvalue weighted by atomic mass is 10.1. The fraction of sp³-hybridized carbons (Fsp3) is 0.286. The van der Waals surface area contributed by atoms with Crippen LogP contribution in [0.5, 0.6) is 5.75 Å². The first kappa shape index (κ1) is 12.5. The summed E-state index contributed by atoms with van der Waals surface area (Å²) >= 11 is 0. The Hall–Kier alpha value is -1.94. The summed E-state index contributed by atoms with van der Waals surface area (Å²) in [7, 11) is 0. The SMILES string of the molecule is CC(C)C(N)C(=O)Oc1cccc2cccnc12. The molecular formula is C14H16N2O2. The van der Waals surface area contributed by atoms with Crippen LogP contribution in [0.3, 0.4) is 0 Å². The van der Waals surface area contributed by atoms with Crippen LogP contribution >= 0.6 is 0 Å². The van der Waals surface area contributed by atoms with Gasteiger partial charge in [-0.3, -0.25) is 4.98 Å². The first-order chi connectivity index (χ1) is 8.59. The van der Waals surface area contributed by atoms with Gasteiger partial charge in [-0.25, -0.2) is 4.79 Å². The van der Waals surface area contributed by atoms with Gasteiger partial charge in [-0.15, -0.1) is 0 Å². The Bertz CT molecular complexity index is 561. The molecule has 2 rings (SSSR count). The smallest absolute Gasteiger partial charge is 0.328 e. The second kappa shape index (κ2) is 5.14. The molecule has 0 radical (unpaired) electrons. The zero-order valence-electron chi connectivity index (χ0n) is 10.5. The molecule has 18 heavy (non-hydrogen) atoms. The lowest BCUT2D eigenvalue weighted by Gasteiger charge is -2.14. The maximum atomic E-state index is 11.8. The highest BCUT2D eigenvalue weighted by Gasteiger charge is 2.20. The van der Waals surface area contributed by atoms with Gasteiger partial charge in [0.05, 0.1) is 0 Å². The molecule has 0 saturated heterocycles. The molecule has 1 heterocycles. The van der Waals surface area contributed by atoms with Crippen molar-refractivity contribution in [1.82, 2.24) is 4.98 Å². The van der Waals surface area contributed by atoms with Gasteiger partial charge in [-0.05, 0) is 18.1 Å². The van der Waals surface area contributed by atoms with E-state index in [1.54, 1.807) is 12.3 Å². The molecule has 1 unspecified atom stereocenters. The van der Waals surface area contributed by atoms with Crippen LogP contribution in [0.4, 0.5) is 0 Å². The number of esters is 1. The molecule has 4 heteroatoms. The average Bonchev–Trinajstić information content (AvgIpc) is 2.38. The summed E-state index contributed by atoms with van der Waals surface area (Å²) in [5.74, 6) is 0.0674. The zero-order chi connectivity index (χ0) is 13.1. The number of ether oxygens (including phenoxy) is 1. The third kappa shape index (κ3) is 2.49. The molecule has 0 saturated carbocycles. The first-order valence-electron chi connectivity index (χ1n) is 5.90. The van der Waals surface area contributed by atoms with Crippen molar-refractivity contribution in [3.05, 3.63) is 36.5 Å². The highest BCUT2D eigenvalue weighted by Crippen LogP contribution is 2.23. The van der Waals surface area contributed by atoms with Gasteiger partial charge >= 0.3 is 5.97 Å². The van der Waals surface area contributed by atoms with Crippen LogP contribution in [0.25, 0.3) is 10.9 Å². The molecule has 94 valence electrons. The summed E-state index contributed by atoms with van der Waals surface area (Å²) in [4.78, 5) is 16.0. The Balaban J connectivity index is 2.30. The first-order valence-corrected chi connectivity index (χ1v) is 5.90. The van der Waals surface area contributed by atoms with Gasteiger partial charge in [0, 0.05) is 11.6 Å². The third-order valence-corrected chi connectivity index (χ3v) is 2.80. The molecule has 0 aliphatic carbocycles. The van der Waals surface area contributed by atoms with Crippen molar-refractivity contribution < 1.29 is 9.53 Å². The molecule has 0 aliphatic heterocycles. The number of nitrogens with zero attached hydrogens (tertiary/aromatic N) is 1. The van der Waals surface area contributed by atoms with E-state index in [9.17, 15) is 4.79 Å². The number of rotatable bonds is 3. The minimum atomic E-state index is -0.621. The van der Waals surface area contributed by atoms with Crippen LogP contribution in [0, 0.1) is 5.92 Å². The highest BCUT2D eigenvalue weighted by atomic mass is 16.5. The van der Waals surface area contributed by atoms with Crippen LogP contribution in [0.2, 0.25) is 0 Å². The van der Waals surface area contributed by atoms with Crippen LogP contribution in [-0.2, 0) is 4.79 Å². The fourth-order valence-corrected chi connectivity index (χ4v) is 1.61. The molecule has 0 aliphatic rings. The van der Waals surface area contributed by atoms with Gasteiger partial charge in [0.1, 0.15) is 11.6 Å². The quantitative estimate of drug-likeness (QED) is 0.663. The summed E-state index contributed by atoms with van der Waals surface area (Å²) in [6.45, 7) is 3.76. The number of para-hydroxylation sites is 1. The minimum Gasteiger partial charge on any atom is -0.423 e. The number of carbonyl (C=O) groups is 1. The van der Waals surface area contributed by atoms with Crippen molar-refractivity contribution in [3.8, 4) is 5.75 Å². The van der Waals surface area contributed by atoms with Crippen LogP contribution < -0.4 is 10.5 Å². The van der Waals surface area contributed by atoms with Gasteiger partial charge in [0.25, 0.3) is 0 Å². The van der Waals surface area contributed by atoms with Crippen molar-refractivity contribution in [3.63, 3.8) is 0 Å². The summed E-state index contributed by atoms with van der Waals surface area (Å²) < 4.78 is 5.32. The average molecular weight is 244 g/mol. The van der Waals surface area contributed by atoms with Crippen molar-refractivity contribution >= 4 is 16.9 Å². The monoisotopic (exact) mass is 244 g/mol. The van der Waals surface area contributed by atoms with E-state index in [1.807, 2.05) is 38.1 Å². The fourth-order valence-electron chi connectivity index (χ4n) is 1.61. The van der Waals surface area contributed by atoms with Crippen molar-refractivity contribution in [2.75, 3.05) is 0 Å².